The van der Waals surface area contributed by atoms with Gasteiger partial charge in [-0.15, -0.1) is 0 Å². The van der Waals surface area contributed by atoms with E-state index < -0.39 is 29.8 Å². The predicted molar refractivity (Wildman–Crippen MR) is 69.6 cm³/mol. The Kier molecular flexibility index (Phi) is 4.96. The minimum Gasteiger partial charge on any atom is -0.353 e. The number of rotatable bonds is 3. The van der Waals surface area contributed by atoms with Gasteiger partial charge < -0.3 is 9.47 Å². The number of hydrogen-bond acceptors (Lipinski definition) is 2. The maximum atomic E-state index is 13.5. The summed E-state index contributed by atoms with van der Waals surface area (Å²) < 4.78 is 90.6. The van der Waals surface area contributed by atoms with Crippen LogP contribution in [0.3, 0.4) is 0 Å². The van der Waals surface area contributed by atoms with Crippen molar-refractivity contribution in [3.8, 4) is 0 Å². The zero-order chi connectivity index (χ0) is 17.3. The molecule has 130 valence electrons. The Labute approximate surface area is 129 Å². The fourth-order valence-electron chi connectivity index (χ4n) is 2.48. The summed E-state index contributed by atoms with van der Waals surface area (Å²) in [6.07, 6.45) is -11.9. The van der Waals surface area contributed by atoms with Gasteiger partial charge in [0, 0.05) is 12.2 Å². The molecule has 2 nitrogen and oxygen atoms in total. The van der Waals surface area contributed by atoms with Gasteiger partial charge in [0.1, 0.15) is 0 Å². The molecule has 0 N–H and O–H groups in total. The minimum atomic E-state index is -5.68. The van der Waals surface area contributed by atoms with E-state index in [1.54, 1.807) is 6.92 Å². The standard InChI is InChI=1S/C15H16F6O2/c1-10-5-7-11(8-6-10)13(14(16,17)18,15(19,20)21)23-12-4-2-3-9-22-12/h5-8,12H,2-4,9H2,1H3. The first-order valence-corrected chi connectivity index (χ1v) is 7.08. The highest BCUT2D eigenvalue weighted by Crippen LogP contribution is 2.54. The monoisotopic (exact) mass is 342 g/mol. The highest BCUT2D eigenvalue weighted by molar-refractivity contribution is 5.30. The van der Waals surface area contributed by atoms with Crippen molar-refractivity contribution >= 4 is 0 Å². The van der Waals surface area contributed by atoms with E-state index in [1.807, 2.05) is 0 Å². The second kappa shape index (κ2) is 6.32. The van der Waals surface area contributed by atoms with Gasteiger partial charge in [0.2, 0.25) is 0 Å². The smallest absolute Gasteiger partial charge is 0.353 e. The van der Waals surface area contributed by atoms with Crippen molar-refractivity contribution < 1.29 is 35.8 Å². The molecule has 1 aliphatic rings. The Morgan fingerprint density at radius 3 is 1.96 bits per heavy atom. The largest absolute Gasteiger partial charge is 0.430 e. The molecule has 0 radical (unpaired) electrons. The fraction of sp³-hybridized carbons (Fsp3) is 0.600. The first-order valence-electron chi connectivity index (χ1n) is 7.08. The first kappa shape index (κ1) is 18.1. The molecule has 1 heterocycles. The van der Waals surface area contributed by atoms with E-state index in [4.69, 9.17) is 4.74 Å². The summed E-state index contributed by atoms with van der Waals surface area (Å²) in [5, 5.41) is 0. The van der Waals surface area contributed by atoms with Gasteiger partial charge in [-0.25, -0.2) is 0 Å². The van der Waals surface area contributed by atoms with Crippen molar-refractivity contribution in [3.05, 3.63) is 35.4 Å². The van der Waals surface area contributed by atoms with Crippen LogP contribution in [0.4, 0.5) is 26.3 Å². The summed E-state index contributed by atoms with van der Waals surface area (Å²) >= 11 is 0. The predicted octanol–water partition coefficient (Wildman–Crippen LogP) is 4.86. The highest BCUT2D eigenvalue weighted by atomic mass is 19.4. The van der Waals surface area contributed by atoms with E-state index in [-0.39, 0.29) is 13.0 Å². The Balaban J connectivity index is 2.53. The Morgan fingerprint density at radius 1 is 0.957 bits per heavy atom. The lowest BCUT2D eigenvalue weighted by Gasteiger charge is -2.40. The van der Waals surface area contributed by atoms with Gasteiger partial charge in [-0.2, -0.15) is 26.3 Å². The number of benzene rings is 1. The van der Waals surface area contributed by atoms with Crippen molar-refractivity contribution in [3.63, 3.8) is 0 Å². The molecule has 1 aromatic carbocycles. The molecule has 1 aromatic rings. The number of ether oxygens (including phenoxy) is 2. The Morgan fingerprint density at radius 2 is 1.52 bits per heavy atom. The van der Waals surface area contributed by atoms with Gasteiger partial charge in [0.05, 0.1) is 0 Å². The van der Waals surface area contributed by atoms with Crippen molar-refractivity contribution in [1.29, 1.82) is 0 Å². The first-order chi connectivity index (χ1) is 10.6. The number of aryl methyl sites for hydroxylation is 1. The summed E-state index contributed by atoms with van der Waals surface area (Å²) in [6, 6.07) is 3.96. The second-order valence-corrected chi connectivity index (χ2v) is 5.46. The van der Waals surface area contributed by atoms with Crippen LogP contribution in [0.25, 0.3) is 0 Å². The van der Waals surface area contributed by atoms with E-state index in [1.165, 1.54) is 12.1 Å². The third-order valence-electron chi connectivity index (χ3n) is 3.70. The van der Waals surface area contributed by atoms with Gasteiger partial charge in [-0.3, -0.25) is 0 Å². The molecule has 0 saturated carbocycles. The quantitative estimate of drug-likeness (QED) is 0.731. The lowest BCUT2D eigenvalue weighted by molar-refractivity contribution is -0.419. The van der Waals surface area contributed by atoms with Crippen LogP contribution >= 0.6 is 0 Å². The van der Waals surface area contributed by atoms with Crippen molar-refractivity contribution in [2.45, 2.75) is 50.4 Å². The second-order valence-electron chi connectivity index (χ2n) is 5.46. The third kappa shape index (κ3) is 3.47. The molecule has 0 amide bonds. The van der Waals surface area contributed by atoms with E-state index >= 15 is 0 Å². The van der Waals surface area contributed by atoms with E-state index in [2.05, 4.69) is 4.74 Å². The molecule has 2 rings (SSSR count). The molecule has 1 aliphatic heterocycles. The van der Waals surface area contributed by atoms with Gasteiger partial charge in [-0.1, -0.05) is 29.8 Å². The van der Waals surface area contributed by atoms with Crippen LogP contribution in [-0.4, -0.2) is 25.2 Å². The van der Waals surface area contributed by atoms with Crippen LogP contribution in [0.15, 0.2) is 24.3 Å². The molecule has 0 aromatic heterocycles. The molecular weight excluding hydrogens is 326 g/mol. The molecule has 0 aliphatic carbocycles. The normalized spacial score (nSPS) is 20.6. The highest BCUT2D eigenvalue weighted by Gasteiger charge is 2.74. The molecule has 8 heteroatoms. The zero-order valence-electron chi connectivity index (χ0n) is 12.3. The average molecular weight is 342 g/mol. The number of alkyl halides is 6. The topological polar surface area (TPSA) is 18.5 Å². The van der Waals surface area contributed by atoms with Crippen LogP contribution < -0.4 is 0 Å². The fourth-order valence-corrected chi connectivity index (χ4v) is 2.48. The summed E-state index contributed by atoms with van der Waals surface area (Å²) in [5.74, 6) is 0. The van der Waals surface area contributed by atoms with Gasteiger partial charge in [0.25, 0.3) is 5.60 Å². The maximum Gasteiger partial charge on any atom is 0.430 e. The van der Waals surface area contributed by atoms with Crippen LogP contribution in [0.5, 0.6) is 0 Å². The minimum absolute atomic E-state index is 0.0141. The molecule has 1 unspecified atom stereocenters. The van der Waals surface area contributed by atoms with Crippen LogP contribution in [-0.2, 0) is 15.1 Å². The van der Waals surface area contributed by atoms with Crippen LogP contribution in [0.1, 0.15) is 30.4 Å². The maximum absolute atomic E-state index is 13.5. The van der Waals surface area contributed by atoms with E-state index in [0.29, 0.717) is 18.4 Å². The molecule has 1 fully saturated rings. The molecule has 1 saturated heterocycles. The van der Waals surface area contributed by atoms with Crippen molar-refractivity contribution in [2.75, 3.05) is 6.61 Å². The lowest BCUT2D eigenvalue weighted by atomic mass is 9.91. The SMILES string of the molecule is Cc1ccc(C(OC2CCCCO2)(C(F)(F)F)C(F)(F)F)cc1. The van der Waals surface area contributed by atoms with Gasteiger partial charge in [0.15, 0.2) is 6.29 Å². The zero-order valence-corrected chi connectivity index (χ0v) is 12.3. The average Bonchev–Trinajstić information content (AvgIpc) is 2.44. The van der Waals surface area contributed by atoms with Crippen LogP contribution in [0, 0.1) is 6.92 Å². The summed E-state index contributed by atoms with van der Waals surface area (Å²) in [6.45, 7) is 1.64. The van der Waals surface area contributed by atoms with Gasteiger partial charge in [-0.05, 0) is 26.2 Å². The molecule has 0 spiro atoms. The van der Waals surface area contributed by atoms with Crippen molar-refractivity contribution in [1.82, 2.24) is 0 Å². The van der Waals surface area contributed by atoms with Gasteiger partial charge >= 0.3 is 12.4 Å². The summed E-state index contributed by atoms with van der Waals surface area (Å²) in [4.78, 5) is 0. The Bertz CT molecular complexity index is 500. The summed E-state index contributed by atoms with van der Waals surface area (Å²) in [7, 11) is 0. The molecule has 0 bridgehead atoms. The number of halogens is 6. The van der Waals surface area contributed by atoms with Crippen molar-refractivity contribution in [2.24, 2.45) is 0 Å². The summed E-state index contributed by atoms with van der Waals surface area (Å²) in [5.41, 5.74) is -4.87. The molecular formula is C15H16F6O2. The van der Waals surface area contributed by atoms with Crippen LogP contribution in [0.2, 0.25) is 0 Å². The Hall–Kier alpha value is -1.28. The lowest BCUT2D eigenvalue weighted by Crippen LogP contribution is -2.57. The number of hydrogen-bond donors (Lipinski definition) is 0. The van der Waals surface area contributed by atoms with E-state index in [0.717, 1.165) is 12.1 Å². The molecule has 23 heavy (non-hydrogen) atoms. The van der Waals surface area contributed by atoms with E-state index in [9.17, 15) is 26.3 Å². The third-order valence-corrected chi connectivity index (χ3v) is 3.70. The molecule has 1 atom stereocenters.